The van der Waals surface area contributed by atoms with Crippen LogP contribution in [0, 0.1) is 17.8 Å². The van der Waals surface area contributed by atoms with Gasteiger partial charge in [-0.15, -0.1) is 0 Å². The molecule has 1 aliphatic carbocycles. The number of aromatic amines is 1. The number of aliphatic hydroxyl groups is 1. The van der Waals surface area contributed by atoms with E-state index in [9.17, 15) is 9.90 Å². The minimum Gasteiger partial charge on any atom is -0.469 e. The highest BCUT2D eigenvalue weighted by atomic mass is 16.5. The molecular formula is C21H26N2O3. The van der Waals surface area contributed by atoms with Crippen LogP contribution in [-0.4, -0.2) is 47.3 Å². The number of para-hydroxylation sites is 1. The smallest absolute Gasteiger partial charge is 0.311 e. The third-order valence-corrected chi connectivity index (χ3v) is 7.02. The van der Waals surface area contributed by atoms with Gasteiger partial charge in [0, 0.05) is 29.7 Å². The number of piperidine rings is 1. The van der Waals surface area contributed by atoms with Crippen LogP contribution in [0.4, 0.5) is 0 Å². The molecule has 3 aliphatic rings. The summed E-state index contributed by atoms with van der Waals surface area (Å²) in [5.41, 5.74) is 3.96. The summed E-state index contributed by atoms with van der Waals surface area (Å²) in [6, 6.07) is 8.83. The monoisotopic (exact) mass is 354 g/mol. The van der Waals surface area contributed by atoms with Crippen molar-refractivity contribution in [3.05, 3.63) is 35.5 Å². The van der Waals surface area contributed by atoms with Gasteiger partial charge < -0.3 is 14.8 Å². The lowest BCUT2D eigenvalue weighted by Gasteiger charge is -2.50. The molecule has 5 atom stereocenters. The number of nitrogens with one attached hydrogen (secondary N) is 1. The molecule has 1 unspecified atom stereocenters. The number of hydrogen-bond donors (Lipinski definition) is 2. The number of esters is 1. The Balaban J connectivity index is 1.52. The highest BCUT2D eigenvalue weighted by Crippen LogP contribution is 2.49. The van der Waals surface area contributed by atoms with Crippen LogP contribution in [0.25, 0.3) is 10.9 Å². The molecule has 5 heteroatoms. The van der Waals surface area contributed by atoms with Crippen LogP contribution in [0.3, 0.4) is 0 Å². The van der Waals surface area contributed by atoms with E-state index in [0.717, 1.165) is 32.4 Å². The number of rotatable bonds is 1. The van der Waals surface area contributed by atoms with E-state index in [-0.39, 0.29) is 17.8 Å². The van der Waals surface area contributed by atoms with Crippen molar-refractivity contribution in [3.63, 3.8) is 0 Å². The second-order valence-corrected chi connectivity index (χ2v) is 8.18. The summed E-state index contributed by atoms with van der Waals surface area (Å²) in [6.45, 7) is 2.10. The van der Waals surface area contributed by atoms with Crippen molar-refractivity contribution < 1.29 is 14.6 Å². The topological polar surface area (TPSA) is 65.6 Å². The molecule has 0 bridgehead atoms. The first kappa shape index (κ1) is 16.3. The Morgan fingerprint density at radius 1 is 1.31 bits per heavy atom. The number of benzene rings is 1. The van der Waals surface area contributed by atoms with Gasteiger partial charge in [-0.25, -0.2) is 0 Å². The normalized spacial score (nSPS) is 34.0. The Hall–Kier alpha value is -1.85. The predicted octanol–water partition coefficient (Wildman–Crippen LogP) is 2.65. The second kappa shape index (κ2) is 6.10. The highest BCUT2D eigenvalue weighted by Gasteiger charge is 2.49. The van der Waals surface area contributed by atoms with E-state index in [1.807, 2.05) is 0 Å². The maximum atomic E-state index is 12.4. The molecule has 2 fully saturated rings. The first-order valence-electron chi connectivity index (χ1n) is 9.76. The van der Waals surface area contributed by atoms with Gasteiger partial charge in [0.2, 0.25) is 0 Å². The van der Waals surface area contributed by atoms with E-state index >= 15 is 0 Å². The van der Waals surface area contributed by atoms with Gasteiger partial charge in [0.15, 0.2) is 0 Å². The number of carbonyl (C=O) groups excluding carboxylic acids is 1. The number of H-pyrrole nitrogens is 1. The lowest BCUT2D eigenvalue weighted by Crippen LogP contribution is -2.53. The molecule has 3 heterocycles. The zero-order chi connectivity index (χ0) is 17.8. The van der Waals surface area contributed by atoms with Crippen LogP contribution >= 0.6 is 0 Å². The summed E-state index contributed by atoms with van der Waals surface area (Å²) >= 11 is 0. The Morgan fingerprint density at radius 2 is 2.15 bits per heavy atom. The number of aromatic nitrogens is 1. The van der Waals surface area contributed by atoms with Gasteiger partial charge in [0.25, 0.3) is 0 Å². The van der Waals surface area contributed by atoms with Gasteiger partial charge in [0.1, 0.15) is 0 Å². The van der Waals surface area contributed by atoms with Crippen LogP contribution in [0.5, 0.6) is 0 Å². The zero-order valence-corrected chi connectivity index (χ0v) is 15.1. The fourth-order valence-corrected chi connectivity index (χ4v) is 5.80. The van der Waals surface area contributed by atoms with E-state index in [2.05, 4.69) is 34.1 Å². The lowest BCUT2D eigenvalue weighted by atomic mass is 9.65. The van der Waals surface area contributed by atoms with E-state index in [0.29, 0.717) is 18.4 Å². The molecule has 1 aromatic heterocycles. The summed E-state index contributed by atoms with van der Waals surface area (Å²) in [4.78, 5) is 18.6. The SMILES string of the molecule is COC(=O)C1[C@H]2C[C@H]3c4[nH]c5ccccc5c4CCN3C[C@@H]2CC[C@@H]1O. The minimum absolute atomic E-state index is 0.199. The van der Waals surface area contributed by atoms with Crippen molar-refractivity contribution in [2.75, 3.05) is 20.2 Å². The Morgan fingerprint density at radius 3 is 3.00 bits per heavy atom. The molecule has 2 N–H and O–H groups in total. The number of fused-ring (bicyclic) bond motifs is 6. The van der Waals surface area contributed by atoms with Crippen molar-refractivity contribution >= 4 is 16.9 Å². The average molecular weight is 354 g/mol. The summed E-state index contributed by atoms with van der Waals surface area (Å²) in [5.74, 6) is 0.0541. The third kappa shape index (κ3) is 2.33. The highest BCUT2D eigenvalue weighted by molar-refractivity contribution is 5.85. The first-order valence-corrected chi connectivity index (χ1v) is 9.76. The molecular weight excluding hydrogens is 328 g/mol. The number of aliphatic hydroxyl groups excluding tert-OH is 1. The zero-order valence-electron chi connectivity index (χ0n) is 15.1. The minimum atomic E-state index is -0.568. The van der Waals surface area contributed by atoms with Crippen molar-refractivity contribution in [1.29, 1.82) is 0 Å². The number of nitrogens with zero attached hydrogens (tertiary/aromatic N) is 1. The van der Waals surface area contributed by atoms with E-state index in [1.54, 1.807) is 0 Å². The van der Waals surface area contributed by atoms with E-state index in [1.165, 1.54) is 29.3 Å². The van der Waals surface area contributed by atoms with Gasteiger partial charge in [-0.3, -0.25) is 9.69 Å². The molecule has 1 saturated carbocycles. The molecule has 1 aromatic carbocycles. The number of methoxy groups -OCH3 is 1. The summed E-state index contributed by atoms with van der Waals surface area (Å²) < 4.78 is 5.04. The van der Waals surface area contributed by atoms with Gasteiger partial charge in [-0.2, -0.15) is 0 Å². The van der Waals surface area contributed by atoms with Gasteiger partial charge in [-0.1, -0.05) is 18.2 Å². The largest absolute Gasteiger partial charge is 0.469 e. The van der Waals surface area contributed by atoms with Crippen molar-refractivity contribution in [2.24, 2.45) is 17.8 Å². The first-order chi connectivity index (χ1) is 12.7. The Bertz CT molecular complexity index is 845. The summed E-state index contributed by atoms with van der Waals surface area (Å²) in [6.07, 6.45) is 3.14. The molecule has 1 saturated heterocycles. The molecule has 0 amide bonds. The molecule has 5 rings (SSSR count). The van der Waals surface area contributed by atoms with E-state index < -0.39 is 6.10 Å². The summed E-state index contributed by atoms with van der Waals surface area (Å²) in [7, 11) is 1.43. The van der Waals surface area contributed by atoms with Crippen molar-refractivity contribution in [1.82, 2.24) is 9.88 Å². The fourth-order valence-electron chi connectivity index (χ4n) is 5.80. The van der Waals surface area contributed by atoms with Gasteiger partial charge in [0.05, 0.1) is 25.2 Å². The Labute approximate surface area is 153 Å². The number of hydrogen-bond acceptors (Lipinski definition) is 4. The van der Waals surface area contributed by atoms with Gasteiger partial charge in [-0.05, 0) is 49.1 Å². The maximum Gasteiger partial charge on any atom is 0.311 e. The van der Waals surface area contributed by atoms with E-state index in [4.69, 9.17) is 4.74 Å². The number of carbonyl (C=O) groups is 1. The Kier molecular flexibility index (Phi) is 3.83. The molecule has 138 valence electrons. The fraction of sp³-hybridized carbons (Fsp3) is 0.571. The molecule has 0 radical (unpaired) electrons. The molecule has 5 nitrogen and oxygen atoms in total. The second-order valence-electron chi connectivity index (χ2n) is 8.18. The van der Waals surface area contributed by atoms with Crippen LogP contribution in [-0.2, 0) is 16.0 Å². The maximum absolute atomic E-state index is 12.4. The molecule has 2 aromatic rings. The molecule has 26 heavy (non-hydrogen) atoms. The van der Waals surface area contributed by atoms with Crippen molar-refractivity contribution in [3.8, 4) is 0 Å². The van der Waals surface area contributed by atoms with Crippen molar-refractivity contribution in [2.45, 2.75) is 37.8 Å². The molecule has 0 spiro atoms. The quantitative estimate of drug-likeness (QED) is 0.773. The van der Waals surface area contributed by atoms with Crippen LogP contribution in [0.1, 0.15) is 36.6 Å². The third-order valence-electron chi connectivity index (χ3n) is 7.02. The van der Waals surface area contributed by atoms with Crippen LogP contribution < -0.4 is 0 Å². The average Bonchev–Trinajstić information content (AvgIpc) is 3.05. The number of ether oxygens (including phenoxy) is 1. The van der Waals surface area contributed by atoms with Crippen LogP contribution in [0.2, 0.25) is 0 Å². The predicted molar refractivity (Wildman–Crippen MR) is 98.7 cm³/mol. The molecule has 2 aliphatic heterocycles. The summed E-state index contributed by atoms with van der Waals surface area (Å²) in [5, 5.41) is 11.8. The standard InChI is InChI=1S/C21H26N2O3/c1-26-21(25)19-15-10-17-20-14(13-4-2-3-5-16(13)22-20)8-9-23(17)11-12(15)6-7-18(19)24/h2-5,12,15,17-19,22,24H,6-11H2,1H3/t12-,15-,17-,18-,19?/m0/s1. The van der Waals surface area contributed by atoms with Gasteiger partial charge >= 0.3 is 5.97 Å². The lowest BCUT2D eigenvalue weighted by molar-refractivity contribution is -0.160. The van der Waals surface area contributed by atoms with Crippen LogP contribution in [0.15, 0.2) is 24.3 Å².